The average molecular weight is 269 g/mol. The van der Waals surface area contributed by atoms with Crippen molar-refractivity contribution in [1.29, 1.82) is 0 Å². The Bertz CT molecular complexity index is 620. The molecule has 0 amide bonds. The van der Waals surface area contributed by atoms with Crippen LogP contribution in [0.5, 0.6) is 0 Å². The van der Waals surface area contributed by atoms with Crippen molar-refractivity contribution in [2.45, 2.75) is 26.7 Å². The lowest BCUT2D eigenvalue weighted by Gasteiger charge is -2.14. The molecule has 0 aliphatic carbocycles. The first-order valence-corrected chi connectivity index (χ1v) is 6.76. The molecule has 0 heterocycles. The minimum absolute atomic E-state index is 0.0261. The molecule has 3 nitrogen and oxygen atoms in total. The van der Waals surface area contributed by atoms with Gasteiger partial charge in [-0.05, 0) is 36.6 Å². The lowest BCUT2D eigenvalue weighted by Crippen LogP contribution is -2.05. The summed E-state index contributed by atoms with van der Waals surface area (Å²) < 4.78 is 0. The fraction of sp³-hybridized carbons (Fsp3) is 0.235. The zero-order valence-electron chi connectivity index (χ0n) is 11.8. The van der Waals surface area contributed by atoms with E-state index in [0.717, 1.165) is 28.9 Å². The molecule has 0 atom stereocenters. The number of carboxylic acid groups (broad SMARTS) is 1. The molecule has 0 fully saturated rings. The molecule has 0 saturated heterocycles. The number of hydrogen-bond acceptors (Lipinski definition) is 2. The lowest BCUT2D eigenvalue weighted by molar-refractivity contribution is -0.136. The van der Waals surface area contributed by atoms with E-state index in [-0.39, 0.29) is 6.42 Å². The molecule has 3 heteroatoms. The zero-order chi connectivity index (χ0) is 14.5. The molecule has 0 bridgehead atoms. The number of benzene rings is 2. The van der Waals surface area contributed by atoms with Crippen LogP contribution in [0.3, 0.4) is 0 Å². The molecule has 0 saturated carbocycles. The second kappa shape index (κ2) is 6.24. The van der Waals surface area contributed by atoms with Crippen LogP contribution in [0, 0.1) is 6.92 Å². The van der Waals surface area contributed by atoms with E-state index in [1.54, 1.807) is 0 Å². The highest BCUT2D eigenvalue weighted by Gasteiger charge is 2.09. The Kier molecular flexibility index (Phi) is 4.41. The highest BCUT2D eigenvalue weighted by atomic mass is 16.4. The Labute approximate surface area is 119 Å². The molecular formula is C17H19NO2. The minimum Gasteiger partial charge on any atom is -0.481 e. The lowest BCUT2D eigenvalue weighted by atomic mass is 10.0. The molecule has 0 aliphatic rings. The molecule has 0 aromatic heterocycles. The van der Waals surface area contributed by atoms with Gasteiger partial charge in [0.15, 0.2) is 0 Å². The van der Waals surface area contributed by atoms with Crippen LogP contribution in [-0.4, -0.2) is 11.1 Å². The van der Waals surface area contributed by atoms with Gasteiger partial charge in [0.25, 0.3) is 0 Å². The van der Waals surface area contributed by atoms with Crippen LogP contribution in [0.25, 0.3) is 0 Å². The largest absolute Gasteiger partial charge is 0.481 e. The molecule has 0 spiro atoms. The summed E-state index contributed by atoms with van der Waals surface area (Å²) in [4.78, 5) is 11.0. The fourth-order valence-electron chi connectivity index (χ4n) is 2.25. The summed E-state index contributed by atoms with van der Waals surface area (Å²) in [6, 6.07) is 13.9. The quantitative estimate of drug-likeness (QED) is 0.864. The summed E-state index contributed by atoms with van der Waals surface area (Å²) in [6.45, 7) is 4.07. The number of aryl methyl sites for hydroxylation is 2. The Morgan fingerprint density at radius 1 is 1.10 bits per heavy atom. The normalized spacial score (nSPS) is 10.3. The topological polar surface area (TPSA) is 49.3 Å². The van der Waals surface area contributed by atoms with Gasteiger partial charge in [-0.3, -0.25) is 4.79 Å². The third-order valence-corrected chi connectivity index (χ3v) is 3.27. The fourth-order valence-corrected chi connectivity index (χ4v) is 2.25. The van der Waals surface area contributed by atoms with Crippen LogP contribution in [-0.2, 0) is 17.6 Å². The van der Waals surface area contributed by atoms with Gasteiger partial charge in [0.2, 0.25) is 0 Å². The molecule has 2 aromatic rings. The zero-order valence-corrected chi connectivity index (χ0v) is 11.8. The van der Waals surface area contributed by atoms with E-state index in [9.17, 15) is 4.79 Å². The van der Waals surface area contributed by atoms with E-state index >= 15 is 0 Å². The van der Waals surface area contributed by atoms with Gasteiger partial charge in [-0.2, -0.15) is 0 Å². The maximum atomic E-state index is 11.0. The number of hydrogen-bond donors (Lipinski definition) is 2. The average Bonchev–Trinajstić information content (AvgIpc) is 2.42. The van der Waals surface area contributed by atoms with Crippen LogP contribution < -0.4 is 5.32 Å². The predicted molar refractivity (Wildman–Crippen MR) is 81.6 cm³/mol. The van der Waals surface area contributed by atoms with E-state index in [0.29, 0.717) is 0 Å². The van der Waals surface area contributed by atoms with Gasteiger partial charge in [0.1, 0.15) is 0 Å². The first-order valence-electron chi connectivity index (χ1n) is 6.76. The Morgan fingerprint density at radius 3 is 2.50 bits per heavy atom. The second-order valence-corrected chi connectivity index (χ2v) is 4.87. The summed E-state index contributed by atoms with van der Waals surface area (Å²) in [5.74, 6) is -0.817. The van der Waals surface area contributed by atoms with Crippen molar-refractivity contribution in [2.24, 2.45) is 0 Å². The second-order valence-electron chi connectivity index (χ2n) is 4.87. The third-order valence-electron chi connectivity index (χ3n) is 3.27. The van der Waals surface area contributed by atoms with Crippen molar-refractivity contribution >= 4 is 17.3 Å². The molecule has 0 aliphatic heterocycles. The van der Waals surface area contributed by atoms with E-state index in [2.05, 4.69) is 18.3 Å². The van der Waals surface area contributed by atoms with Crippen molar-refractivity contribution in [3.8, 4) is 0 Å². The number of aliphatic carboxylic acids is 1. The van der Waals surface area contributed by atoms with Crippen molar-refractivity contribution in [1.82, 2.24) is 0 Å². The summed E-state index contributed by atoms with van der Waals surface area (Å²) >= 11 is 0. The number of para-hydroxylation sites is 1. The van der Waals surface area contributed by atoms with Gasteiger partial charge in [-0.25, -0.2) is 0 Å². The van der Waals surface area contributed by atoms with Gasteiger partial charge in [-0.1, -0.05) is 42.8 Å². The van der Waals surface area contributed by atoms with Gasteiger partial charge >= 0.3 is 5.97 Å². The summed E-state index contributed by atoms with van der Waals surface area (Å²) in [7, 11) is 0. The highest BCUT2D eigenvalue weighted by Crippen LogP contribution is 2.25. The van der Waals surface area contributed by atoms with Gasteiger partial charge in [-0.15, -0.1) is 0 Å². The molecule has 104 valence electrons. The van der Waals surface area contributed by atoms with E-state index in [4.69, 9.17) is 5.11 Å². The number of carboxylic acids is 1. The van der Waals surface area contributed by atoms with Crippen molar-refractivity contribution < 1.29 is 9.90 Å². The molecule has 2 N–H and O–H groups in total. The first kappa shape index (κ1) is 14.1. The highest BCUT2D eigenvalue weighted by molar-refractivity contribution is 5.75. The standard InChI is InChI=1S/C17H19NO2/c1-3-13-6-4-5-7-15(13)18-16-9-8-12(2)10-14(16)11-17(19)20/h4-10,18H,3,11H2,1-2H3,(H,19,20). The number of anilines is 2. The third kappa shape index (κ3) is 3.38. The van der Waals surface area contributed by atoms with Gasteiger partial charge in [0, 0.05) is 11.4 Å². The SMILES string of the molecule is CCc1ccccc1Nc1ccc(C)cc1CC(=O)O. The molecule has 0 radical (unpaired) electrons. The molecule has 0 unspecified atom stereocenters. The van der Waals surface area contributed by atoms with Crippen LogP contribution >= 0.6 is 0 Å². The Hall–Kier alpha value is -2.29. The van der Waals surface area contributed by atoms with E-state index in [1.807, 2.05) is 43.3 Å². The van der Waals surface area contributed by atoms with Gasteiger partial charge in [0.05, 0.1) is 6.42 Å². The van der Waals surface area contributed by atoms with Crippen molar-refractivity contribution in [3.05, 3.63) is 59.2 Å². The van der Waals surface area contributed by atoms with Gasteiger partial charge < -0.3 is 10.4 Å². The van der Waals surface area contributed by atoms with E-state index < -0.39 is 5.97 Å². The van der Waals surface area contributed by atoms with Crippen molar-refractivity contribution in [2.75, 3.05) is 5.32 Å². The molecule has 2 rings (SSSR count). The van der Waals surface area contributed by atoms with Crippen LogP contribution in [0.2, 0.25) is 0 Å². The molecular weight excluding hydrogens is 250 g/mol. The summed E-state index contributed by atoms with van der Waals surface area (Å²) in [6.07, 6.45) is 0.960. The van der Waals surface area contributed by atoms with E-state index in [1.165, 1.54) is 5.56 Å². The van der Waals surface area contributed by atoms with Crippen LogP contribution in [0.15, 0.2) is 42.5 Å². The smallest absolute Gasteiger partial charge is 0.307 e. The summed E-state index contributed by atoms with van der Waals surface area (Å²) in [5.41, 5.74) is 4.98. The minimum atomic E-state index is -0.817. The maximum absolute atomic E-state index is 11.0. The number of rotatable bonds is 5. The maximum Gasteiger partial charge on any atom is 0.307 e. The summed E-state index contributed by atoms with van der Waals surface area (Å²) in [5, 5.41) is 12.4. The van der Waals surface area contributed by atoms with Crippen molar-refractivity contribution in [3.63, 3.8) is 0 Å². The predicted octanol–water partition coefficient (Wildman–Crippen LogP) is 3.93. The van der Waals surface area contributed by atoms with Crippen LogP contribution in [0.1, 0.15) is 23.6 Å². The number of carbonyl (C=O) groups is 1. The molecule has 2 aromatic carbocycles. The first-order chi connectivity index (χ1) is 9.60. The van der Waals surface area contributed by atoms with Crippen LogP contribution in [0.4, 0.5) is 11.4 Å². The number of nitrogens with one attached hydrogen (secondary N) is 1. The molecule has 20 heavy (non-hydrogen) atoms. The Balaban J connectivity index is 2.35. The monoisotopic (exact) mass is 269 g/mol. The Morgan fingerprint density at radius 2 is 1.80 bits per heavy atom.